The van der Waals surface area contributed by atoms with Crippen molar-refractivity contribution in [3.8, 4) is 0 Å². The van der Waals surface area contributed by atoms with Crippen LogP contribution in [0.5, 0.6) is 0 Å². The Balaban J connectivity index is 2.58. The molecule has 0 saturated heterocycles. The fourth-order valence-electron chi connectivity index (χ4n) is 2.50. The molecule has 1 aliphatic rings. The van der Waals surface area contributed by atoms with Crippen molar-refractivity contribution in [2.45, 2.75) is 39.0 Å². The molecule has 0 radical (unpaired) electrons. The van der Waals surface area contributed by atoms with Crippen LogP contribution >= 0.6 is 12.2 Å². The summed E-state index contributed by atoms with van der Waals surface area (Å²) in [5.74, 6) is -0.378. The number of hydrogen-bond acceptors (Lipinski definition) is 4. The molecule has 20 heavy (non-hydrogen) atoms. The molecule has 0 aromatic heterocycles. The highest BCUT2D eigenvalue weighted by atomic mass is 32.2. The molecule has 0 aliphatic heterocycles. The Hall–Kier alpha value is -0.730. The van der Waals surface area contributed by atoms with Crippen molar-refractivity contribution >= 4 is 33.1 Å². The number of sulfonamides is 1. The summed E-state index contributed by atoms with van der Waals surface area (Å²) in [6.45, 7) is 2.12. The van der Waals surface area contributed by atoms with Gasteiger partial charge in [0.1, 0.15) is 0 Å². The maximum Gasteiger partial charge on any atom is 0.233 e. The van der Waals surface area contributed by atoms with Crippen molar-refractivity contribution in [2.24, 2.45) is 11.1 Å². The molecule has 0 aromatic rings. The summed E-state index contributed by atoms with van der Waals surface area (Å²) in [6, 6.07) is 0. The number of amides is 1. The Labute approximate surface area is 125 Å². The number of hydrogen-bond donors (Lipinski definition) is 3. The van der Waals surface area contributed by atoms with Crippen molar-refractivity contribution in [3.63, 3.8) is 0 Å². The normalized spacial score (nSPS) is 18.4. The molecule has 4 N–H and O–H groups in total. The Morgan fingerprint density at radius 2 is 1.90 bits per heavy atom. The van der Waals surface area contributed by atoms with E-state index in [-0.39, 0.29) is 23.2 Å². The van der Waals surface area contributed by atoms with E-state index in [1.54, 1.807) is 6.92 Å². The highest BCUT2D eigenvalue weighted by Gasteiger charge is 2.42. The zero-order valence-electron chi connectivity index (χ0n) is 11.8. The molecule has 1 saturated carbocycles. The van der Waals surface area contributed by atoms with E-state index in [2.05, 4.69) is 10.0 Å². The minimum atomic E-state index is -3.33. The highest BCUT2D eigenvalue weighted by Crippen LogP contribution is 2.36. The first-order chi connectivity index (χ1) is 9.34. The van der Waals surface area contributed by atoms with Gasteiger partial charge in [-0.15, -0.1) is 0 Å². The van der Waals surface area contributed by atoms with Gasteiger partial charge in [-0.05, 0) is 12.8 Å². The van der Waals surface area contributed by atoms with Gasteiger partial charge in [0.05, 0.1) is 16.2 Å². The average molecular weight is 321 g/mol. The third kappa shape index (κ3) is 4.39. The van der Waals surface area contributed by atoms with Crippen LogP contribution in [-0.2, 0) is 14.8 Å². The second-order valence-corrected chi connectivity index (χ2v) is 7.45. The molecular weight excluding hydrogens is 298 g/mol. The van der Waals surface area contributed by atoms with Crippen molar-refractivity contribution in [2.75, 3.05) is 18.8 Å². The monoisotopic (exact) mass is 321 g/mol. The molecule has 0 bridgehead atoms. The van der Waals surface area contributed by atoms with Crippen molar-refractivity contribution in [1.82, 2.24) is 10.0 Å². The number of rotatable bonds is 7. The van der Waals surface area contributed by atoms with Crippen LogP contribution < -0.4 is 15.8 Å². The molecule has 1 aliphatic carbocycles. The molecule has 0 heterocycles. The van der Waals surface area contributed by atoms with Gasteiger partial charge in [-0.3, -0.25) is 4.79 Å². The molecular formula is C12H23N3O3S2. The minimum Gasteiger partial charge on any atom is -0.392 e. The third-order valence-corrected chi connectivity index (χ3v) is 5.49. The van der Waals surface area contributed by atoms with Gasteiger partial charge in [0.25, 0.3) is 0 Å². The smallest absolute Gasteiger partial charge is 0.233 e. The Morgan fingerprint density at radius 3 is 2.40 bits per heavy atom. The van der Waals surface area contributed by atoms with Crippen LogP contribution in [0, 0.1) is 5.41 Å². The topological polar surface area (TPSA) is 101 Å². The molecule has 0 unspecified atom stereocenters. The lowest BCUT2D eigenvalue weighted by molar-refractivity contribution is -0.128. The number of nitrogens with two attached hydrogens (primary N) is 1. The Kier molecular flexibility index (Phi) is 6.35. The summed E-state index contributed by atoms with van der Waals surface area (Å²) < 4.78 is 25.4. The van der Waals surface area contributed by atoms with Gasteiger partial charge in [0, 0.05) is 13.1 Å². The number of nitrogens with one attached hydrogen (secondary N) is 2. The van der Waals surface area contributed by atoms with E-state index >= 15 is 0 Å². The van der Waals surface area contributed by atoms with Crippen molar-refractivity contribution < 1.29 is 13.2 Å². The van der Waals surface area contributed by atoms with Crippen molar-refractivity contribution in [1.29, 1.82) is 0 Å². The summed E-state index contributed by atoms with van der Waals surface area (Å²) >= 11 is 5.06. The fourth-order valence-corrected chi connectivity index (χ4v) is 3.75. The van der Waals surface area contributed by atoms with Crippen molar-refractivity contribution in [3.05, 3.63) is 0 Å². The molecule has 0 atom stereocenters. The van der Waals surface area contributed by atoms with E-state index in [0.29, 0.717) is 19.4 Å². The number of carbonyl (C=O) groups is 1. The first-order valence-electron chi connectivity index (χ1n) is 6.89. The molecule has 8 heteroatoms. The predicted octanol–water partition coefficient (Wildman–Crippen LogP) is 0.278. The third-order valence-electron chi connectivity index (χ3n) is 3.63. The Bertz CT molecular complexity index is 457. The second-order valence-electron chi connectivity index (χ2n) is 5.08. The lowest BCUT2D eigenvalue weighted by Gasteiger charge is -2.34. The first-order valence-corrected chi connectivity index (χ1v) is 8.95. The van der Waals surface area contributed by atoms with Gasteiger partial charge < -0.3 is 11.1 Å². The maximum atomic E-state index is 12.3. The first kappa shape index (κ1) is 17.3. The van der Waals surface area contributed by atoms with Crippen LogP contribution in [0.3, 0.4) is 0 Å². The van der Waals surface area contributed by atoms with Crippen LogP contribution in [0.25, 0.3) is 0 Å². The number of carbonyl (C=O) groups excluding carboxylic acids is 1. The lowest BCUT2D eigenvalue weighted by Crippen LogP contribution is -2.51. The van der Waals surface area contributed by atoms with E-state index in [1.165, 1.54) is 0 Å². The van der Waals surface area contributed by atoms with Gasteiger partial charge >= 0.3 is 0 Å². The van der Waals surface area contributed by atoms with Crippen LogP contribution in [0.1, 0.15) is 39.0 Å². The van der Waals surface area contributed by atoms with E-state index < -0.39 is 15.4 Å². The van der Waals surface area contributed by atoms with Crippen LogP contribution in [-0.4, -0.2) is 38.2 Å². The van der Waals surface area contributed by atoms with E-state index in [4.69, 9.17) is 18.0 Å². The summed E-state index contributed by atoms with van der Waals surface area (Å²) in [5.41, 5.74) is 4.95. The van der Waals surface area contributed by atoms with E-state index in [0.717, 1.165) is 19.3 Å². The molecule has 116 valence electrons. The van der Waals surface area contributed by atoms with Gasteiger partial charge in [0.2, 0.25) is 15.9 Å². The summed E-state index contributed by atoms with van der Waals surface area (Å²) in [6.07, 6.45) is 4.20. The summed E-state index contributed by atoms with van der Waals surface area (Å²) in [4.78, 5) is 12.5. The second kappa shape index (κ2) is 7.33. The van der Waals surface area contributed by atoms with Gasteiger partial charge in [-0.2, -0.15) is 0 Å². The highest BCUT2D eigenvalue weighted by molar-refractivity contribution is 7.89. The molecule has 0 spiro atoms. The predicted molar refractivity (Wildman–Crippen MR) is 82.8 cm³/mol. The standard InChI is InChI=1S/C12H23N3O3S2/c1-2-15-20(17,18)9-8-14-11(16)12(10(13)19)6-4-3-5-7-12/h15H,2-9H2,1H3,(H2,13,19)(H,14,16). The fraction of sp³-hybridized carbons (Fsp3) is 0.833. The molecule has 0 aromatic carbocycles. The molecule has 1 amide bonds. The molecule has 1 rings (SSSR count). The van der Waals surface area contributed by atoms with E-state index in [9.17, 15) is 13.2 Å². The lowest BCUT2D eigenvalue weighted by atomic mass is 9.73. The quantitative estimate of drug-likeness (QED) is 0.585. The van der Waals surface area contributed by atoms with E-state index in [1.807, 2.05) is 0 Å². The largest absolute Gasteiger partial charge is 0.392 e. The minimum absolute atomic E-state index is 0.0680. The molecule has 1 fully saturated rings. The zero-order valence-corrected chi connectivity index (χ0v) is 13.4. The summed E-state index contributed by atoms with van der Waals surface area (Å²) in [5, 5.41) is 2.66. The van der Waals surface area contributed by atoms with Crippen LogP contribution in [0.4, 0.5) is 0 Å². The number of thiocarbonyl (C=S) groups is 1. The van der Waals surface area contributed by atoms with Crippen LogP contribution in [0.15, 0.2) is 0 Å². The zero-order chi connectivity index (χ0) is 15.2. The summed E-state index contributed by atoms with van der Waals surface area (Å²) in [7, 11) is -3.33. The average Bonchev–Trinajstić information content (AvgIpc) is 2.38. The van der Waals surface area contributed by atoms with Gasteiger partial charge in [0.15, 0.2) is 0 Å². The molecule has 6 nitrogen and oxygen atoms in total. The van der Waals surface area contributed by atoms with Crippen LogP contribution in [0.2, 0.25) is 0 Å². The van der Waals surface area contributed by atoms with Gasteiger partial charge in [-0.25, -0.2) is 13.1 Å². The SMILES string of the molecule is CCNS(=O)(=O)CCNC(=O)C1(C(N)=S)CCCCC1. The van der Waals surface area contributed by atoms with Gasteiger partial charge in [-0.1, -0.05) is 38.4 Å². The Morgan fingerprint density at radius 1 is 1.30 bits per heavy atom. The maximum absolute atomic E-state index is 12.3.